The molecule has 5 heteroatoms. The molecule has 94 valence electrons. The molecule has 2 fully saturated rings. The van der Waals surface area contributed by atoms with Crippen LogP contribution >= 0.6 is 0 Å². The molecule has 2 aliphatic rings. The van der Waals surface area contributed by atoms with Crippen molar-refractivity contribution in [1.29, 1.82) is 0 Å². The monoisotopic (exact) mass is 246 g/mol. The summed E-state index contributed by atoms with van der Waals surface area (Å²) < 4.78 is 22.6. The van der Waals surface area contributed by atoms with Crippen molar-refractivity contribution >= 4 is 9.84 Å². The van der Waals surface area contributed by atoms with Crippen molar-refractivity contribution in [2.45, 2.75) is 25.8 Å². The van der Waals surface area contributed by atoms with Crippen molar-refractivity contribution < 1.29 is 8.42 Å². The van der Waals surface area contributed by atoms with E-state index in [2.05, 4.69) is 17.1 Å². The molecule has 0 aromatic rings. The molecule has 4 nitrogen and oxygen atoms in total. The lowest BCUT2D eigenvalue weighted by Crippen LogP contribution is -2.51. The van der Waals surface area contributed by atoms with Crippen LogP contribution in [0.4, 0.5) is 0 Å². The summed E-state index contributed by atoms with van der Waals surface area (Å²) in [5, 5.41) is 3.55. The van der Waals surface area contributed by atoms with Gasteiger partial charge in [-0.1, -0.05) is 6.92 Å². The summed E-state index contributed by atoms with van der Waals surface area (Å²) in [6.07, 6.45) is 2.57. The van der Waals surface area contributed by atoms with Crippen molar-refractivity contribution in [3.8, 4) is 0 Å². The van der Waals surface area contributed by atoms with E-state index in [0.29, 0.717) is 36.6 Å². The van der Waals surface area contributed by atoms with Crippen LogP contribution in [-0.4, -0.2) is 57.0 Å². The van der Waals surface area contributed by atoms with E-state index in [9.17, 15) is 8.42 Å². The van der Waals surface area contributed by atoms with E-state index >= 15 is 0 Å². The van der Waals surface area contributed by atoms with Gasteiger partial charge in [0.25, 0.3) is 0 Å². The van der Waals surface area contributed by atoms with Crippen LogP contribution in [0.2, 0.25) is 0 Å². The topological polar surface area (TPSA) is 49.4 Å². The summed E-state index contributed by atoms with van der Waals surface area (Å²) in [6, 6.07) is 0.551. The first-order valence-corrected chi connectivity index (χ1v) is 8.05. The number of sulfone groups is 1. The largest absolute Gasteiger partial charge is 0.312 e. The number of hydrogen-bond acceptors (Lipinski definition) is 4. The fourth-order valence-electron chi connectivity index (χ4n) is 2.57. The second kappa shape index (κ2) is 5.02. The fourth-order valence-corrected chi connectivity index (χ4v) is 3.85. The first kappa shape index (κ1) is 12.3. The lowest BCUT2D eigenvalue weighted by molar-refractivity contribution is 0.200. The van der Waals surface area contributed by atoms with Crippen LogP contribution in [0, 0.1) is 5.92 Å². The molecule has 16 heavy (non-hydrogen) atoms. The van der Waals surface area contributed by atoms with Crippen molar-refractivity contribution in [2.75, 3.05) is 37.7 Å². The normalized spacial score (nSPS) is 36.1. The lowest BCUT2D eigenvalue weighted by Gasteiger charge is -2.36. The van der Waals surface area contributed by atoms with E-state index in [-0.39, 0.29) is 0 Å². The molecule has 2 saturated heterocycles. The Morgan fingerprint density at radius 3 is 2.62 bits per heavy atom. The minimum Gasteiger partial charge on any atom is -0.312 e. The van der Waals surface area contributed by atoms with E-state index < -0.39 is 9.84 Å². The third-order valence-corrected chi connectivity index (χ3v) is 5.43. The van der Waals surface area contributed by atoms with E-state index in [1.54, 1.807) is 0 Å². The van der Waals surface area contributed by atoms with Crippen LogP contribution in [0.5, 0.6) is 0 Å². The average molecular weight is 246 g/mol. The minimum absolute atomic E-state index is 0.341. The summed E-state index contributed by atoms with van der Waals surface area (Å²) in [6.45, 7) is 5.84. The number of nitrogens with one attached hydrogen (secondary N) is 1. The summed E-state index contributed by atoms with van der Waals surface area (Å²) in [5.41, 5.74) is 0. The van der Waals surface area contributed by atoms with Gasteiger partial charge in [-0.15, -0.1) is 0 Å². The molecule has 0 aromatic heterocycles. The molecule has 0 radical (unpaired) electrons. The first-order chi connectivity index (χ1) is 7.57. The molecule has 0 aliphatic carbocycles. The molecule has 1 N–H and O–H groups in total. The average Bonchev–Trinajstić information content (AvgIpc) is 2.24. The Morgan fingerprint density at radius 2 is 2.00 bits per heavy atom. The molecule has 2 aliphatic heterocycles. The zero-order valence-corrected chi connectivity index (χ0v) is 10.8. The van der Waals surface area contributed by atoms with Gasteiger partial charge >= 0.3 is 0 Å². The number of piperidine rings is 1. The summed E-state index contributed by atoms with van der Waals surface area (Å²) in [5.74, 6) is 1.40. The molecule has 0 amide bonds. The van der Waals surface area contributed by atoms with Crippen LogP contribution in [0.1, 0.15) is 19.8 Å². The maximum absolute atomic E-state index is 11.3. The third-order valence-electron chi connectivity index (χ3n) is 3.82. The number of nitrogens with zero attached hydrogens (tertiary/aromatic N) is 1. The maximum Gasteiger partial charge on any atom is 0.152 e. The van der Waals surface area contributed by atoms with Crippen LogP contribution in [0.15, 0.2) is 0 Å². The summed E-state index contributed by atoms with van der Waals surface area (Å²) in [4.78, 5) is 2.29. The van der Waals surface area contributed by atoms with E-state index in [1.165, 1.54) is 12.8 Å². The number of hydrogen-bond donors (Lipinski definition) is 1. The lowest BCUT2D eigenvalue weighted by atomic mass is 9.92. The first-order valence-electron chi connectivity index (χ1n) is 6.23. The summed E-state index contributed by atoms with van der Waals surface area (Å²) >= 11 is 0. The van der Waals surface area contributed by atoms with Crippen LogP contribution in [-0.2, 0) is 9.84 Å². The molecule has 2 unspecified atom stereocenters. The van der Waals surface area contributed by atoms with Crippen LogP contribution in [0.25, 0.3) is 0 Å². The predicted molar refractivity (Wildman–Crippen MR) is 65.3 cm³/mol. The van der Waals surface area contributed by atoms with Gasteiger partial charge in [-0.3, -0.25) is 4.90 Å². The van der Waals surface area contributed by atoms with Crippen LogP contribution in [0.3, 0.4) is 0 Å². The van der Waals surface area contributed by atoms with Gasteiger partial charge in [0.2, 0.25) is 0 Å². The highest BCUT2D eigenvalue weighted by Gasteiger charge is 2.27. The van der Waals surface area contributed by atoms with Gasteiger partial charge < -0.3 is 5.32 Å². The van der Waals surface area contributed by atoms with E-state index in [4.69, 9.17) is 0 Å². The number of rotatable bonds is 2. The molecule has 0 bridgehead atoms. The standard InChI is InChI=1S/C11H22N2O2S/c1-10-3-2-4-12-11(10)9-13-5-7-16(14,15)8-6-13/h10-12H,2-9H2,1H3. The van der Waals surface area contributed by atoms with Crippen molar-refractivity contribution in [1.82, 2.24) is 10.2 Å². The maximum atomic E-state index is 11.3. The fraction of sp³-hybridized carbons (Fsp3) is 1.00. The molecule has 0 spiro atoms. The second-order valence-electron chi connectivity index (χ2n) is 5.13. The van der Waals surface area contributed by atoms with Gasteiger partial charge in [0, 0.05) is 25.7 Å². The molecule has 2 rings (SSSR count). The Labute approximate surface area is 98.3 Å². The van der Waals surface area contributed by atoms with Gasteiger partial charge in [0.15, 0.2) is 9.84 Å². The van der Waals surface area contributed by atoms with Gasteiger partial charge in [-0.25, -0.2) is 8.42 Å². The Balaban J connectivity index is 1.82. The summed E-state index contributed by atoms with van der Waals surface area (Å²) in [7, 11) is -2.73. The highest BCUT2D eigenvalue weighted by atomic mass is 32.2. The van der Waals surface area contributed by atoms with Gasteiger partial charge in [0.1, 0.15) is 0 Å². The van der Waals surface area contributed by atoms with Gasteiger partial charge in [0.05, 0.1) is 11.5 Å². The Kier molecular flexibility index (Phi) is 3.87. The quantitative estimate of drug-likeness (QED) is 0.751. The Hall–Kier alpha value is -0.130. The van der Waals surface area contributed by atoms with Gasteiger partial charge in [-0.2, -0.15) is 0 Å². The second-order valence-corrected chi connectivity index (χ2v) is 7.44. The zero-order valence-electron chi connectivity index (χ0n) is 9.98. The van der Waals surface area contributed by atoms with E-state index in [1.807, 2.05) is 0 Å². The smallest absolute Gasteiger partial charge is 0.152 e. The van der Waals surface area contributed by atoms with Crippen LogP contribution < -0.4 is 5.32 Å². The third kappa shape index (κ3) is 3.18. The Bertz CT molecular complexity index is 315. The highest BCUT2D eigenvalue weighted by molar-refractivity contribution is 7.91. The SMILES string of the molecule is CC1CCCNC1CN1CCS(=O)(=O)CC1. The molecular weight excluding hydrogens is 224 g/mol. The highest BCUT2D eigenvalue weighted by Crippen LogP contribution is 2.17. The molecular formula is C11H22N2O2S. The van der Waals surface area contributed by atoms with E-state index in [0.717, 1.165) is 13.1 Å². The zero-order chi connectivity index (χ0) is 11.6. The van der Waals surface area contributed by atoms with Gasteiger partial charge in [-0.05, 0) is 25.3 Å². The Morgan fingerprint density at radius 1 is 1.31 bits per heavy atom. The van der Waals surface area contributed by atoms with Crippen molar-refractivity contribution in [3.63, 3.8) is 0 Å². The molecule has 0 aromatic carbocycles. The molecule has 0 saturated carbocycles. The predicted octanol–water partition coefficient (Wildman–Crippen LogP) is 0.105. The van der Waals surface area contributed by atoms with Crippen molar-refractivity contribution in [2.24, 2.45) is 5.92 Å². The van der Waals surface area contributed by atoms with Crippen molar-refractivity contribution in [3.05, 3.63) is 0 Å². The minimum atomic E-state index is -2.73. The molecule has 2 heterocycles. The molecule has 2 atom stereocenters.